The fourth-order valence-corrected chi connectivity index (χ4v) is 4.43. The molecule has 0 bridgehead atoms. The highest BCUT2D eigenvalue weighted by molar-refractivity contribution is 7.98. The Kier molecular flexibility index (Phi) is 5.80. The van der Waals surface area contributed by atoms with Gasteiger partial charge in [0.15, 0.2) is 5.16 Å². The van der Waals surface area contributed by atoms with Crippen molar-refractivity contribution in [2.75, 3.05) is 6.26 Å². The average molecular weight is 491 g/mol. The monoisotopic (exact) mass is 490 g/mol. The molecule has 2 aromatic carbocycles. The lowest BCUT2D eigenvalue weighted by Crippen LogP contribution is -2.29. The van der Waals surface area contributed by atoms with Crippen LogP contribution in [0.2, 0.25) is 5.02 Å². The van der Waals surface area contributed by atoms with Crippen LogP contribution in [-0.4, -0.2) is 30.1 Å². The van der Waals surface area contributed by atoms with E-state index in [2.05, 4.69) is 14.2 Å². The van der Waals surface area contributed by atoms with E-state index in [1.54, 1.807) is 12.3 Å². The van der Waals surface area contributed by atoms with E-state index in [1.165, 1.54) is 0 Å². The summed E-state index contributed by atoms with van der Waals surface area (Å²) in [5.41, 5.74) is -4.37. The summed E-state index contributed by atoms with van der Waals surface area (Å²) in [6.07, 6.45) is 1.30. The third kappa shape index (κ3) is 4.19. The van der Waals surface area contributed by atoms with Crippen LogP contribution in [0.25, 0.3) is 10.8 Å². The number of alkyl halides is 3. The third-order valence-electron chi connectivity index (χ3n) is 4.73. The lowest BCUT2D eigenvalue weighted by molar-refractivity contribution is -0.0503. The van der Waals surface area contributed by atoms with E-state index in [4.69, 9.17) is 16.3 Å². The van der Waals surface area contributed by atoms with Crippen LogP contribution < -0.4 is 4.18 Å². The van der Waals surface area contributed by atoms with Gasteiger partial charge < -0.3 is 8.92 Å². The highest BCUT2D eigenvalue weighted by atomic mass is 35.5. The van der Waals surface area contributed by atoms with Crippen molar-refractivity contribution in [1.82, 2.24) is 9.97 Å². The highest BCUT2D eigenvalue weighted by Crippen LogP contribution is 2.39. The van der Waals surface area contributed by atoms with E-state index in [1.807, 2.05) is 30.3 Å². The minimum absolute atomic E-state index is 0.0632. The van der Waals surface area contributed by atoms with Gasteiger partial charge in [-0.3, -0.25) is 0 Å². The highest BCUT2D eigenvalue weighted by Gasteiger charge is 2.49. The van der Waals surface area contributed by atoms with Gasteiger partial charge in [0.2, 0.25) is 5.88 Å². The summed E-state index contributed by atoms with van der Waals surface area (Å²) < 4.78 is 71.6. The van der Waals surface area contributed by atoms with Crippen LogP contribution in [0.3, 0.4) is 0 Å². The van der Waals surface area contributed by atoms with Gasteiger partial charge in [-0.05, 0) is 23.3 Å². The number of nitrogens with zero attached hydrogens (tertiary/aromatic N) is 2. The molecule has 164 valence electrons. The predicted octanol–water partition coefficient (Wildman–Crippen LogP) is 5.05. The maximum atomic E-state index is 12.8. The predicted molar refractivity (Wildman–Crippen MR) is 110 cm³/mol. The zero-order valence-corrected chi connectivity index (χ0v) is 18.2. The van der Waals surface area contributed by atoms with Crippen molar-refractivity contribution in [3.63, 3.8) is 0 Å². The van der Waals surface area contributed by atoms with Crippen LogP contribution in [-0.2, 0) is 27.9 Å². The van der Waals surface area contributed by atoms with Crippen LogP contribution in [0.4, 0.5) is 13.2 Å². The largest absolute Gasteiger partial charge is 0.534 e. The van der Waals surface area contributed by atoms with Gasteiger partial charge in [0, 0.05) is 16.8 Å². The van der Waals surface area contributed by atoms with Gasteiger partial charge in [-0.25, -0.2) is 4.98 Å². The molecule has 4 rings (SSSR count). The lowest BCUT2D eigenvalue weighted by Gasteiger charge is -2.27. The molecule has 0 N–H and O–H groups in total. The molecule has 1 atom stereocenters. The van der Waals surface area contributed by atoms with Crippen molar-refractivity contribution >= 4 is 44.3 Å². The SMILES string of the molecule is CSc1nc2c(c(OS(=O)(=O)C(F)(F)F)n1)CO[C@H](c1cccc3cccc(Cl)c13)C2. The van der Waals surface area contributed by atoms with Gasteiger partial charge in [0.05, 0.1) is 24.0 Å². The Bertz CT molecular complexity index is 1260. The molecule has 0 saturated carbocycles. The number of aromatic nitrogens is 2. The Morgan fingerprint density at radius 3 is 2.58 bits per heavy atom. The van der Waals surface area contributed by atoms with E-state index in [9.17, 15) is 21.6 Å². The minimum Gasteiger partial charge on any atom is -0.368 e. The van der Waals surface area contributed by atoms with Gasteiger partial charge in [-0.2, -0.15) is 26.6 Å². The number of rotatable bonds is 4. The molecule has 1 aliphatic rings. The first-order chi connectivity index (χ1) is 14.6. The summed E-state index contributed by atoms with van der Waals surface area (Å²) in [6, 6.07) is 11.1. The molecule has 12 heteroatoms. The second kappa shape index (κ2) is 8.12. The number of hydrogen-bond acceptors (Lipinski definition) is 7. The summed E-state index contributed by atoms with van der Waals surface area (Å²) in [5.74, 6) is -0.680. The molecule has 6 nitrogen and oxygen atoms in total. The van der Waals surface area contributed by atoms with E-state index in [0.717, 1.165) is 28.1 Å². The maximum Gasteiger partial charge on any atom is 0.534 e. The molecular formula is C19H14ClF3N2O4S2. The molecule has 31 heavy (non-hydrogen) atoms. The summed E-state index contributed by atoms with van der Waals surface area (Å²) in [5, 5.41) is 2.33. The van der Waals surface area contributed by atoms with E-state index >= 15 is 0 Å². The van der Waals surface area contributed by atoms with E-state index in [-0.39, 0.29) is 23.7 Å². The third-order valence-corrected chi connectivity index (χ3v) is 6.54. The summed E-state index contributed by atoms with van der Waals surface area (Å²) >= 11 is 7.44. The van der Waals surface area contributed by atoms with Crippen molar-refractivity contribution in [1.29, 1.82) is 0 Å². The van der Waals surface area contributed by atoms with E-state index < -0.39 is 27.6 Å². The fraction of sp³-hybridized carbons (Fsp3) is 0.263. The van der Waals surface area contributed by atoms with Crippen LogP contribution in [0.15, 0.2) is 41.6 Å². The zero-order valence-electron chi connectivity index (χ0n) is 15.8. The first kappa shape index (κ1) is 22.1. The van der Waals surface area contributed by atoms with Crippen LogP contribution >= 0.6 is 23.4 Å². The average Bonchev–Trinajstić information content (AvgIpc) is 2.72. The Morgan fingerprint density at radius 1 is 1.19 bits per heavy atom. The standard InChI is InChI=1S/C19H14ClF3N2O4S2/c1-30-18-24-14-8-15(11-6-2-4-10-5-3-7-13(20)16(10)11)28-9-12(14)17(25-18)29-31(26,27)19(21,22)23/h2-7,15H,8-9H2,1H3/t15-/m0/s1. The van der Waals surface area contributed by atoms with Crippen LogP contribution in [0.5, 0.6) is 5.88 Å². The summed E-state index contributed by atoms with van der Waals surface area (Å²) in [7, 11) is -5.88. The number of fused-ring (bicyclic) bond motifs is 2. The number of ether oxygens (including phenoxy) is 1. The minimum atomic E-state index is -5.88. The molecule has 1 aromatic heterocycles. The Hall–Kier alpha value is -2.08. The summed E-state index contributed by atoms with van der Waals surface area (Å²) in [6.45, 7) is -0.224. The molecular weight excluding hydrogens is 477 g/mol. The van der Waals surface area contributed by atoms with Crippen LogP contribution in [0, 0.1) is 0 Å². The second-order valence-electron chi connectivity index (χ2n) is 6.61. The smallest absolute Gasteiger partial charge is 0.368 e. The number of thioether (sulfide) groups is 1. The van der Waals surface area contributed by atoms with Gasteiger partial charge >= 0.3 is 15.6 Å². The quantitative estimate of drug-likeness (QED) is 0.219. The Labute approximate surface area is 184 Å². The van der Waals surface area contributed by atoms with Crippen molar-refractivity contribution < 1.29 is 30.5 Å². The van der Waals surface area contributed by atoms with Crippen molar-refractivity contribution in [2.24, 2.45) is 0 Å². The van der Waals surface area contributed by atoms with Crippen molar-refractivity contribution in [2.45, 2.75) is 29.8 Å². The number of hydrogen-bond donors (Lipinski definition) is 0. The molecule has 0 amide bonds. The number of halogens is 4. The molecule has 2 heterocycles. The topological polar surface area (TPSA) is 78.4 Å². The van der Waals surface area contributed by atoms with Crippen LogP contribution in [0.1, 0.15) is 22.9 Å². The number of benzene rings is 2. The Balaban J connectivity index is 1.76. The van der Waals surface area contributed by atoms with Crippen molar-refractivity contribution in [3.05, 3.63) is 58.2 Å². The lowest BCUT2D eigenvalue weighted by atomic mass is 9.95. The molecule has 0 saturated heterocycles. The summed E-state index contributed by atoms with van der Waals surface area (Å²) in [4.78, 5) is 8.16. The van der Waals surface area contributed by atoms with Gasteiger partial charge in [-0.1, -0.05) is 53.7 Å². The van der Waals surface area contributed by atoms with Gasteiger partial charge in [0.1, 0.15) is 0 Å². The first-order valence-corrected chi connectivity index (χ1v) is 11.8. The molecule has 3 aromatic rings. The molecule has 0 unspecified atom stereocenters. The first-order valence-electron chi connectivity index (χ1n) is 8.84. The fourth-order valence-electron chi connectivity index (χ4n) is 3.32. The molecule has 0 radical (unpaired) electrons. The molecule has 1 aliphatic heterocycles. The van der Waals surface area contributed by atoms with Crippen molar-refractivity contribution in [3.8, 4) is 5.88 Å². The molecule has 0 spiro atoms. The molecule has 0 fully saturated rings. The normalized spacial score (nSPS) is 16.9. The van der Waals surface area contributed by atoms with Gasteiger partial charge in [-0.15, -0.1) is 0 Å². The second-order valence-corrected chi connectivity index (χ2v) is 9.33. The Morgan fingerprint density at radius 2 is 1.90 bits per heavy atom. The zero-order chi connectivity index (χ0) is 22.4. The maximum absolute atomic E-state index is 12.8. The van der Waals surface area contributed by atoms with Gasteiger partial charge in [0.25, 0.3) is 0 Å². The van der Waals surface area contributed by atoms with E-state index in [0.29, 0.717) is 10.7 Å². The molecule has 0 aliphatic carbocycles.